The normalized spacial score (nSPS) is 23.5. The topological polar surface area (TPSA) is 142 Å². The monoisotopic (exact) mass is 418 g/mol. The number of carbonyl (C=O) groups excluding carboxylic acids is 3. The van der Waals surface area contributed by atoms with Crippen molar-refractivity contribution in [2.24, 2.45) is 11.7 Å². The second-order valence-electron chi connectivity index (χ2n) is 8.17. The molecule has 3 rings (SSSR count). The number of rotatable bonds is 5. The molecule has 1 aromatic carbocycles. The first-order valence-electron chi connectivity index (χ1n) is 9.71. The van der Waals surface area contributed by atoms with E-state index in [0.29, 0.717) is 11.4 Å². The number of carbonyl (C=O) groups is 4. The van der Waals surface area contributed by atoms with Crippen molar-refractivity contribution in [1.29, 1.82) is 0 Å². The predicted octanol–water partition coefficient (Wildman–Crippen LogP) is 0.867. The number of benzene rings is 1. The number of primary amides is 1. The third-order valence-corrected chi connectivity index (χ3v) is 5.54. The van der Waals surface area contributed by atoms with Crippen molar-refractivity contribution in [3.63, 3.8) is 0 Å². The number of hydrogen-bond donors (Lipinski definition) is 3. The first kappa shape index (κ1) is 21.4. The lowest BCUT2D eigenvalue weighted by Gasteiger charge is -2.35. The van der Waals surface area contributed by atoms with Crippen LogP contribution in [0.3, 0.4) is 0 Å². The maximum Gasteiger partial charge on any atom is 0.407 e. The largest absolute Gasteiger partial charge is 0.473 e. The molecule has 10 nitrogen and oxygen atoms in total. The van der Waals surface area contributed by atoms with Crippen LogP contribution < -0.4 is 15.8 Å². The summed E-state index contributed by atoms with van der Waals surface area (Å²) in [5.41, 5.74) is 4.56. The van der Waals surface area contributed by atoms with Gasteiger partial charge in [0.25, 0.3) is 5.91 Å². The molecule has 0 radical (unpaired) electrons. The number of likely N-dealkylation sites (tertiary alicyclic amines) is 1. The van der Waals surface area contributed by atoms with Crippen LogP contribution in [0.5, 0.6) is 5.75 Å². The molecule has 0 saturated carbocycles. The number of likely N-dealkylation sites (N-methyl/N-ethyl adjacent to an activating group) is 1. The minimum absolute atomic E-state index is 0.0189. The molecule has 0 aromatic heterocycles. The number of carboxylic acid groups (broad SMARTS) is 1. The molecule has 0 aliphatic carbocycles. The van der Waals surface area contributed by atoms with Gasteiger partial charge in [-0.25, -0.2) is 4.79 Å². The molecule has 2 aliphatic heterocycles. The standard InChI is InChI=1S/C20H26N4O6/c1-11(2)8-13(23(3)19(28)29)17(26)24-10-20(9-14(24)16(21)25)18(27)22-12-6-4-5-7-15(12)30-20/h4-7,11,13-14H,8-10H2,1-3H3,(H2,21,25)(H,22,27)(H,28,29)/t13-,14-,20?/m0/s1. The minimum atomic E-state index is -1.48. The second-order valence-corrected chi connectivity index (χ2v) is 8.17. The molecule has 1 aromatic rings. The number of nitrogens with one attached hydrogen (secondary N) is 1. The maximum atomic E-state index is 13.3. The van der Waals surface area contributed by atoms with Gasteiger partial charge in [-0.3, -0.25) is 19.3 Å². The highest BCUT2D eigenvalue weighted by atomic mass is 16.5. The third-order valence-electron chi connectivity index (χ3n) is 5.54. The average molecular weight is 418 g/mol. The molecule has 1 saturated heterocycles. The van der Waals surface area contributed by atoms with E-state index >= 15 is 0 Å². The average Bonchev–Trinajstić information content (AvgIpc) is 3.06. The van der Waals surface area contributed by atoms with E-state index in [1.165, 1.54) is 11.9 Å². The first-order valence-corrected chi connectivity index (χ1v) is 9.71. The maximum absolute atomic E-state index is 13.3. The van der Waals surface area contributed by atoms with Crippen LogP contribution in [0.25, 0.3) is 0 Å². The van der Waals surface area contributed by atoms with E-state index in [1.807, 2.05) is 13.8 Å². The van der Waals surface area contributed by atoms with E-state index in [2.05, 4.69) is 5.32 Å². The highest BCUT2D eigenvalue weighted by Gasteiger charge is 2.57. The molecule has 30 heavy (non-hydrogen) atoms. The van der Waals surface area contributed by atoms with E-state index in [9.17, 15) is 24.3 Å². The molecule has 1 spiro atoms. The van der Waals surface area contributed by atoms with Crippen molar-refractivity contribution in [1.82, 2.24) is 9.80 Å². The summed E-state index contributed by atoms with van der Waals surface area (Å²) in [5.74, 6) is -1.39. The number of nitrogens with zero attached hydrogens (tertiary/aromatic N) is 2. The molecule has 162 valence electrons. The van der Waals surface area contributed by atoms with Crippen LogP contribution in [0.15, 0.2) is 24.3 Å². The summed E-state index contributed by atoms with van der Waals surface area (Å²) in [6.07, 6.45) is -1.12. The molecule has 3 atom stereocenters. The number of fused-ring (bicyclic) bond motifs is 1. The van der Waals surface area contributed by atoms with Crippen LogP contribution >= 0.6 is 0 Å². The minimum Gasteiger partial charge on any atom is -0.473 e. The van der Waals surface area contributed by atoms with Crippen molar-refractivity contribution in [3.8, 4) is 5.75 Å². The Morgan fingerprint density at radius 3 is 2.63 bits per heavy atom. The molecule has 10 heteroatoms. The summed E-state index contributed by atoms with van der Waals surface area (Å²) in [6.45, 7) is 3.52. The lowest BCUT2D eigenvalue weighted by atomic mass is 9.96. The Balaban J connectivity index is 1.94. The first-order chi connectivity index (χ1) is 14.1. The summed E-state index contributed by atoms with van der Waals surface area (Å²) in [5, 5.41) is 12.2. The number of para-hydroxylation sites is 2. The number of hydrogen-bond acceptors (Lipinski definition) is 5. The Hall–Kier alpha value is -3.30. The fourth-order valence-electron chi connectivity index (χ4n) is 3.94. The van der Waals surface area contributed by atoms with Gasteiger partial charge in [-0.15, -0.1) is 0 Å². The Morgan fingerprint density at radius 1 is 1.37 bits per heavy atom. The summed E-state index contributed by atoms with van der Waals surface area (Å²) in [6, 6.07) is 4.75. The number of amides is 4. The highest BCUT2D eigenvalue weighted by molar-refractivity contribution is 6.03. The van der Waals surface area contributed by atoms with Gasteiger partial charge in [0, 0.05) is 13.5 Å². The molecule has 2 heterocycles. The van der Waals surface area contributed by atoms with Crippen LogP contribution in [0.2, 0.25) is 0 Å². The fraction of sp³-hybridized carbons (Fsp3) is 0.500. The highest BCUT2D eigenvalue weighted by Crippen LogP contribution is 2.40. The SMILES string of the molecule is CC(C)C[C@@H](C(=O)N1CC2(C[C@H]1C(N)=O)Oc1ccccc1NC2=O)N(C)C(=O)O. The van der Waals surface area contributed by atoms with Gasteiger partial charge in [-0.1, -0.05) is 26.0 Å². The van der Waals surface area contributed by atoms with Crippen LogP contribution in [-0.2, 0) is 14.4 Å². The van der Waals surface area contributed by atoms with Crippen LogP contribution in [-0.4, -0.2) is 70.0 Å². The zero-order chi connectivity index (χ0) is 22.2. The number of anilines is 1. The quantitative estimate of drug-likeness (QED) is 0.648. The smallest absolute Gasteiger partial charge is 0.407 e. The lowest BCUT2D eigenvalue weighted by molar-refractivity contribution is -0.142. The second kappa shape index (κ2) is 7.85. The van der Waals surface area contributed by atoms with Gasteiger partial charge < -0.3 is 25.8 Å². The van der Waals surface area contributed by atoms with Crippen molar-refractivity contribution in [2.45, 2.75) is 44.4 Å². The van der Waals surface area contributed by atoms with Gasteiger partial charge in [-0.05, 0) is 24.5 Å². The van der Waals surface area contributed by atoms with Crippen LogP contribution in [0.4, 0.5) is 10.5 Å². The zero-order valence-corrected chi connectivity index (χ0v) is 17.1. The summed E-state index contributed by atoms with van der Waals surface area (Å²) < 4.78 is 5.98. The van der Waals surface area contributed by atoms with Crippen molar-refractivity contribution in [2.75, 3.05) is 18.9 Å². The van der Waals surface area contributed by atoms with Crippen molar-refractivity contribution in [3.05, 3.63) is 24.3 Å². The summed E-state index contributed by atoms with van der Waals surface area (Å²) >= 11 is 0. The Bertz CT molecular complexity index is 888. The molecule has 4 N–H and O–H groups in total. The fourth-order valence-corrected chi connectivity index (χ4v) is 3.94. The number of ether oxygens (including phenoxy) is 1. The molecular formula is C20H26N4O6. The van der Waals surface area contributed by atoms with E-state index in [-0.39, 0.29) is 25.3 Å². The predicted molar refractivity (Wildman–Crippen MR) is 107 cm³/mol. The van der Waals surface area contributed by atoms with E-state index < -0.39 is 41.5 Å². The van der Waals surface area contributed by atoms with E-state index in [1.54, 1.807) is 24.3 Å². The Morgan fingerprint density at radius 2 is 2.03 bits per heavy atom. The Kier molecular flexibility index (Phi) is 5.60. The van der Waals surface area contributed by atoms with Crippen molar-refractivity contribution < 1.29 is 29.0 Å². The van der Waals surface area contributed by atoms with E-state index in [0.717, 1.165) is 4.90 Å². The zero-order valence-electron chi connectivity index (χ0n) is 17.1. The lowest BCUT2D eigenvalue weighted by Crippen LogP contribution is -2.55. The van der Waals surface area contributed by atoms with Crippen molar-refractivity contribution >= 4 is 29.5 Å². The van der Waals surface area contributed by atoms with Gasteiger partial charge >= 0.3 is 6.09 Å². The Labute approximate surface area is 173 Å². The molecule has 1 fully saturated rings. The van der Waals surface area contributed by atoms with Gasteiger partial charge in [0.05, 0.1) is 12.2 Å². The molecular weight excluding hydrogens is 392 g/mol. The van der Waals surface area contributed by atoms with Gasteiger partial charge in [0.15, 0.2) is 0 Å². The molecule has 4 amide bonds. The van der Waals surface area contributed by atoms with Gasteiger partial charge in [0.2, 0.25) is 17.4 Å². The number of nitrogens with two attached hydrogens (primary N) is 1. The molecule has 1 unspecified atom stereocenters. The van der Waals surface area contributed by atoms with Gasteiger partial charge in [-0.2, -0.15) is 0 Å². The van der Waals surface area contributed by atoms with Crippen LogP contribution in [0, 0.1) is 5.92 Å². The van der Waals surface area contributed by atoms with E-state index in [4.69, 9.17) is 10.5 Å². The summed E-state index contributed by atoms with van der Waals surface area (Å²) in [4.78, 5) is 52.0. The molecule has 2 aliphatic rings. The van der Waals surface area contributed by atoms with Crippen LogP contribution in [0.1, 0.15) is 26.7 Å². The molecule has 0 bridgehead atoms. The third kappa shape index (κ3) is 3.77. The summed E-state index contributed by atoms with van der Waals surface area (Å²) in [7, 11) is 1.30. The van der Waals surface area contributed by atoms with Gasteiger partial charge in [0.1, 0.15) is 17.8 Å².